The molecule has 0 amide bonds. The molecule has 1 heterocycles. The molecule has 1 unspecified atom stereocenters. The van der Waals surface area contributed by atoms with Crippen LogP contribution in [0.2, 0.25) is 0 Å². The van der Waals surface area contributed by atoms with Gasteiger partial charge < -0.3 is 5.73 Å². The van der Waals surface area contributed by atoms with Gasteiger partial charge in [-0.3, -0.25) is 9.88 Å². The van der Waals surface area contributed by atoms with Gasteiger partial charge in [0.15, 0.2) is 0 Å². The first kappa shape index (κ1) is 13.1. The molecule has 0 fully saturated rings. The Morgan fingerprint density at radius 1 is 1.50 bits per heavy atom. The van der Waals surface area contributed by atoms with Crippen molar-refractivity contribution in [3.8, 4) is 0 Å². The first-order valence-electron chi connectivity index (χ1n) is 5.92. The quantitative estimate of drug-likeness (QED) is 0.794. The molecule has 0 saturated carbocycles. The highest BCUT2D eigenvalue weighted by Crippen LogP contribution is 2.16. The number of hydrogen-bond donors (Lipinski definition) is 1. The van der Waals surface area contributed by atoms with Crippen molar-refractivity contribution in [2.24, 2.45) is 5.73 Å². The van der Waals surface area contributed by atoms with Crippen LogP contribution in [0, 0.1) is 0 Å². The molecular formula is C13H23N3. The molecule has 0 aliphatic heterocycles. The largest absolute Gasteiger partial charge is 0.329 e. The number of rotatable bonds is 6. The van der Waals surface area contributed by atoms with E-state index in [0.29, 0.717) is 6.54 Å². The van der Waals surface area contributed by atoms with E-state index < -0.39 is 0 Å². The van der Waals surface area contributed by atoms with Crippen LogP contribution in [0.1, 0.15) is 25.8 Å². The van der Waals surface area contributed by atoms with Crippen molar-refractivity contribution in [2.45, 2.75) is 32.2 Å². The second kappa shape index (κ2) is 5.97. The summed E-state index contributed by atoms with van der Waals surface area (Å²) in [4.78, 5) is 6.47. The van der Waals surface area contributed by atoms with E-state index in [1.54, 1.807) is 0 Å². The Hall–Kier alpha value is -0.930. The Labute approximate surface area is 98.7 Å². The number of hydrogen-bond acceptors (Lipinski definition) is 3. The first-order valence-corrected chi connectivity index (χ1v) is 5.92. The molecule has 2 N–H and O–H groups in total. The van der Waals surface area contributed by atoms with E-state index in [0.717, 1.165) is 19.4 Å². The lowest BCUT2D eigenvalue weighted by Crippen LogP contribution is -2.49. The maximum Gasteiger partial charge on any atom is 0.0300 e. The number of nitrogens with two attached hydrogens (primary N) is 1. The molecule has 1 rings (SSSR count). The Morgan fingerprint density at radius 2 is 2.25 bits per heavy atom. The third-order valence-electron chi connectivity index (χ3n) is 3.58. The van der Waals surface area contributed by atoms with Crippen molar-refractivity contribution in [1.29, 1.82) is 0 Å². The molecule has 1 aromatic rings. The maximum absolute atomic E-state index is 5.83. The first-order chi connectivity index (χ1) is 7.62. The van der Waals surface area contributed by atoms with Gasteiger partial charge in [0, 0.05) is 31.0 Å². The molecule has 0 bridgehead atoms. The van der Waals surface area contributed by atoms with Crippen LogP contribution in [-0.2, 0) is 6.42 Å². The third-order valence-corrected chi connectivity index (χ3v) is 3.58. The summed E-state index contributed by atoms with van der Waals surface area (Å²) in [5.74, 6) is 0. The van der Waals surface area contributed by atoms with Gasteiger partial charge in [0.1, 0.15) is 0 Å². The van der Waals surface area contributed by atoms with Gasteiger partial charge in [0.2, 0.25) is 0 Å². The van der Waals surface area contributed by atoms with Gasteiger partial charge >= 0.3 is 0 Å². The molecule has 16 heavy (non-hydrogen) atoms. The molecule has 1 aromatic heterocycles. The van der Waals surface area contributed by atoms with Gasteiger partial charge in [0.25, 0.3) is 0 Å². The number of likely N-dealkylation sites (N-methyl/N-ethyl adjacent to an activating group) is 1. The van der Waals surface area contributed by atoms with E-state index in [1.165, 1.54) is 5.56 Å². The summed E-state index contributed by atoms with van der Waals surface area (Å²) in [5.41, 5.74) is 7.23. The molecule has 0 aliphatic carbocycles. The van der Waals surface area contributed by atoms with Crippen molar-refractivity contribution >= 4 is 0 Å². The normalized spacial score (nSPS) is 15.1. The summed E-state index contributed by atoms with van der Waals surface area (Å²) in [5, 5.41) is 0. The van der Waals surface area contributed by atoms with Crippen LogP contribution in [0.4, 0.5) is 0 Å². The van der Waals surface area contributed by atoms with Crippen LogP contribution >= 0.6 is 0 Å². The Balaban J connectivity index is 2.49. The number of pyridine rings is 1. The van der Waals surface area contributed by atoms with Crippen LogP contribution in [-0.4, -0.2) is 35.6 Å². The number of aromatic nitrogens is 1. The van der Waals surface area contributed by atoms with Gasteiger partial charge in [-0.05, 0) is 38.4 Å². The van der Waals surface area contributed by atoms with Crippen molar-refractivity contribution in [3.63, 3.8) is 0 Å². The van der Waals surface area contributed by atoms with Gasteiger partial charge in [-0.1, -0.05) is 13.0 Å². The van der Waals surface area contributed by atoms with Crippen molar-refractivity contribution in [3.05, 3.63) is 30.1 Å². The molecular weight excluding hydrogens is 198 g/mol. The average Bonchev–Trinajstić information content (AvgIpc) is 2.36. The summed E-state index contributed by atoms with van der Waals surface area (Å²) in [7, 11) is 2.15. The van der Waals surface area contributed by atoms with Crippen molar-refractivity contribution < 1.29 is 0 Å². The maximum atomic E-state index is 5.83. The van der Waals surface area contributed by atoms with Crippen LogP contribution in [0.25, 0.3) is 0 Å². The fraction of sp³-hybridized carbons (Fsp3) is 0.615. The summed E-state index contributed by atoms with van der Waals surface area (Å²) in [6.07, 6.45) is 5.84. The smallest absolute Gasteiger partial charge is 0.0300 e. The van der Waals surface area contributed by atoms with E-state index in [2.05, 4.69) is 36.8 Å². The lowest BCUT2D eigenvalue weighted by molar-refractivity contribution is 0.141. The minimum absolute atomic E-state index is 0.113. The predicted molar refractivity (Wildman–Crippen MR) is 68.3 cm³/mol. The minimum Gasteiger partial charge on any atom is -0.329 e. The molecule has 3 heteroatoms. The lowest BCUT2D eigenvalue weighted by atomic mass is 9.96. The highest BCUT2D eigenvalue weighted by molar-refractivity contribution is 5.08. The van der Waals surface area contributed by atoms with E-state index in [4.69, 9.17) is 5.73 Å². The molecule has 0 spiro atoms. The molecule has 0 saturated heterocycles. The van der Waals surface area contributed by atoms with Crippen molar-refractivity contribution in [2.75, 3.05) is 20.1 Å². The van der Waals surface area contributed by atoms with Crippen LogP contribution in [0.5, 0.6) is 0 Å². The molecule has 0 radical (unpaired) electrons. The topological polar surface area (TPSA) is 42.1 Å². The average molecular weight is 221 g/mol. The SMILES string of the molecule is CCC(C)(CN)N(C)CCc1cccnc1. The van der Waals surface area contributed by atoms with Crippen molar-refractivity contribution in [1.82, 2.24) is 9.88 Å². The monoisotopic (exact) mass is 221 g/mol. The zero-order valence-electron chi connectivity index (χ0n) is 10.6. The number of nitrogens with zero attached hydrogens (tertiary/aromatic N) is 2. The molecule has 3 nitrogen and oxygen atoms in total. The van der Waals surface area contributed by atoms with Gasteiger partial charge in [-0.25, -0.2) is 0 Å². The standard InChI is InChI=1S/C13H23N3/c1-4-13(2,11-14)16(3)9-7-12-6-5-8-15-10-12/h5-6,8,10H,4,7,9,11,14H2,1-3H3. The molecule has 90 valence electrons. The summed E-state index contributed by atoms with van der Waals surface area (Å²) in [6.45, 7) is 6.13. The second-order valence-electron chi connectivity index (χ2n) is 4.59. The highest BCUT2D eigenvalue weighted by Gasteiger charge is 2.24. The highest BCUT2D eigenvalue weighted by atomic mass is 15.2. The Morgan fingerprint density at radius 3 is 2.75 bits per heavy atom. The molecule has 1 atom stereocenters. The van der Waals surface area contributed by atoms with Gasteiger partial charge in [-0.2, -0.15) is 0 Å². The summed E-state index contributed by atoms with van der Waals surface area (Å²) >= 11 is 0. The van der Waals surface area contributed by atoms with Crippen LogP contribution in [0.15, 0.2) is 24.5 Å². The van der Waals surface area contributed by atoms with Gasteiger partial charge in [-0.15, -0.1) is 0 Å². The van der Waals surface area contributed by atoms with Gasteiger partial charge in [0.05, 0.1) is 0 Å². The molecule has 0 aliphatic rings. The van der Waals surface area contributed by atoms with Crippen LogP contribution < -0.4 is 5.73 Å². The zero-order chi connectivity index (χ0) is 12.0. The third kappa shape index (κ3) is 3.29. The lowest BCUT2D eigenvalue weighted by Gasteiger charge is -2.37. The van der Waals surface area contributed by atoms with E-state index in [1.807, 2.05) is 18.5 Å². The predicted octanol–water partition coefficient (Wildman–Crippen LogP) is 1.68. The molecule has 0 aromatic carbocycles. The zero-order valence-corrected chi connectivity index (χ0v) is 10.6. The second-order valence-corrected chi connectivity index (χ2v) is 4.59. The minimum atomic E-state index is 0.113. The van der Waals surface area contributed by atoms with E-state index in [9.17, 15) is 0 Å². The fourth-order valence-electron chi connectivity index (χ4n) is 1.68. The summed E-state index contributed by atoms with van der Waals surface area (Å²) < 4.78 is 0. The summed E-state index contributed by atoms with van der Waals surface area (Å²) in [6, 6.07) is 4.10. The Kier molecular flexibility index (Phi) is 4.90. The van der Waals surface area contributed by atoms with E-state index in [-0.39, 0.29) is 5.54 Å². The van der Waals surface area contributed by atoms with Crippen LogP contribution in [0.3, 0.4) is 0 Å². The Bertz CT molecular complexity index is 293. The fourth-order valence-corrected chi connectivity index (χ4v) is 1.68. The van der Waals surface area contributed by atoms with E-state index >= 15 is 0 Å².